The second kappa shape index (κ2) is 8.77. The van der Waals surface area contributed by atoms with Crippen LogP contribution >= 0.6 is 0 Å². The van der Waals surface area contributed by atoms with Gasteiger partial charge in [-0.15, -0.1) is 0 Å². The highest BCUT2D eigenvalue weighted by atomic mass is 16.5. The number of rotatable bonds is 4. The van der Waals surface area contributed by atoms with E-state index >= 15 is 0 Å². The predicted molar refractivity (Wildman–Crippen MR) is 149 cm³/mol. The summed E-state index contributed by atoms with van der Waals surface area (Å²) in [6.07, 6.45) is 4.27. The molecule has 1 fully saturated rings. The molecule has 2 aliphatic rings. The van der Waals surface area contributed by atoms with Gasteiger partial charge in [0.1, 0.15) is 24.3 Å². The van der Waals surface area contributed by atoms with Crippen LogP contribution in [0, 0.1) is 13.8 Å². The zero-order valence-electron chi connectivity index (χ0n) is 21.3. The molecule has 7 rings (SSSR count). The molecular formula is C32H30N4O. The van der Waals surface area contributed by atoms with Gasteiger partial charge in [0, 0.05) is 34.4 Å². The normalized spacial score (nSPS) is 15.4. The molecule has 1 aliphatic heterocycles. The van der Waals surface area contributed by atoms with Crippen molar-refractivity contribution >= 4 is 16.7 Å². The summed E-state index contributed by atoms with van der Waals surface area (Å²) in [5, 5.41) is 1.04. The smallest absolute Gasteiger partial charge is 0.141 e. The van der Waals surface area contributed by atoms with Crippen LogP contribution in [-0.4, -0.2) is 28.1 Å². The quantitative estimate of drug-likeness (QED) is 0.292. The summed E-state index contributed by atoms with van der Waals surface area (Å²) < 4.78 is 6.22. The first-order chi connectivity index (χ1) is 18.1. The molecule has 3 aromatic carbocycles. The van der Waals surface area contributed by atoms with Gasteiger partial charge >= 0.3 is 0 Å². The molecular weight excluding hydrogens is 456 g/mol. The van der Waals surface area contributed by atoms with E-state index in [2.05, 4.69) is 95.4 Å². The first-order valence-corrected chi connectivity index (χ1v) is 13.2. The summed E-state index contributed by atoms with van der Waals surface area (Å²) in [5.74, 6) is 1.78. The second-order valence-electron chi connectivity index (χ2n) is 10.4. The van der Waals surface area contributed by atoms with E-state index < -0.39 is 0 Å². The van der Waals surface area contributed by atoms with E-state index in [0.717, 1.165) is 58.3 Å². The number of benzene rings is 3. The fourth-order valence-corrected chi connectivity index (χ4v) is 5.53. The number of ether oxygens (including phenoxy) is 1. The number of fused-ring (bicyclic) bond motifs is 2. The molecule has 5 nitrogen and oxygen atoms in total. The van der Waals surface area contributed by atoms with Gasteiger partial charge in [0.05, 0.1) is 12.2 Å². The number of nitrogens with zero attached hydrogens (tertiary/aromatic N) is 3. The van der Waals surface area contributed by atoms with E-state index in [4.69, 9.17) is 9.72 Å². The third-order valence-electron chi connectivity index (χ3n) is 7.81. The lowest BCUT2D eigenvalue weighted by Gasteiger charge is -2.25. The summed E-state index contributed by atoms with van der Waals surface area (Å²) in [6, 6.07) is 24.1. The molecule has 0 unspecified atom stereocenters. The average Bonchev–Trinajstić information content (AvgIpc) is 3.70. The van der Waals surface area contributed by atoms with Gasteiger partial charge in [-0.3, -0.25) is 0 Å². The van der Waals surface area contributed by atoms with Gasteiger partial charge in [0.15, 0.2) is 0 Å². The van der Waals surface area contributed by atoms with Crippen LogP contribution in [-0.2, 0) is 6.54 Å². The molecule has 0 amide bonds. The molecule has 5 aromatic rings. The number of anilines is 1. The molecule has 184 valence electrons. The predicted octanol–water partition coefficient (Wildman–Crippen LogP) is 7.19. The highest BCUT2D eigenvalue weighted by Crippen LogP contribution is 2.42. The fraction of sp³-hybridized carbons (Fsp3) is 0.250. The first kappa shape index (κ1) is 22.1. The van der Waals surface area contributed by atoms with Crippen LogP contribution < -0.4 is 9.64 Å². The van der Waals surface area contributed by atoms with Crippen molar-refractivity contribution in [2.45, 2.75) is 39.2 Å². The minimum absolute atomic E-state index is 0.681. The van der Waals surface area contributed by atoms with Crippen LogP contribution in [0.25, 0.3) is 33.5 Å². The van der Waals surface area contributed by atoms with E-state index in [9.17, 15) is 0 Å². The Kier molecular flexibility index (Phi) is 5.24. The van der Waals surface area contributed by atoms with Gasteiger partial charge in [-0.25, -0.2) is 9.97 Å². The largest absolute Gasteiger partial charge is 0.491 e. The van der Waals surface area contributed by atoms with Crippen molar-refractivity contribution in [3.63, 3.8) is 0 Å². The van der Waals surface area contributed by atoms with Gasteiger partial charge in [-0.05, 0) is 67.5 Å². The summed E-state index contributed by atoms with van der Waals surface area (Å²) in [4.78, 5) is 15.2. The number of aromatic amines is 1. The van der Waals surface area contributed by atoms with Crippen LogP contribution in [0.3, 0.4) is 0 Å². The van der Waals surface area contributed by atoms with Crippen LogP contribution in [0.1, 0.15) is 41.0 Å². The Labute approximate surface area is 217 Å². The SMILES string of the molecule is Cc1ccc(-c2cc3c(-c4cccc(N5CCOc6cc(C7CC7)ccc6C5)c4C)ncnc3[nH]2)cc1. The van der Waals surface area contributed by atoms with Crippen LogP contribution in [0.15, 0.2) is 73.1 Å². The van der Waals surface area contributed by atoms with Crippen LogP contribution in [0.4, 0.5) is 5.69 Å². The molecule has 0 radical (unpaired) electrons. The van der Waals surface area contributed by atoms with Crippen LogP contribution in [0.5, 0.6) is 5.75 Å². The van der Waals surface area contributed by atoms with Gasteiger partial charge in [0.25, 0.3) is 0 Å². The Morgan fingerprint density at radius 2 is 1.81 bits per heavy atom. The maximum atomic E-state index is 6.22. The minimum Gasteiger partial charge on any atom is -0.491 e. The molecule has 0 bridgehead atoms. The number of aryl methyl sites for hydroxylation is 1. The molecule has 0 spiro atoms. The molecule has 0 saturated heterocycles. The Morgan fingerprint density at radius 3 is 2.65 bits per heavy atom. The van der Waals surface area contributed by atoms with Gasteiger partial charge < -0.3 is 14.6 Å². The molecule has 0 atom stereocenters. The van der Waals surface area contributed by atoms with Gasteiger partial charge in [-0.2, -0.15) is 0 Å². The number of hydrogen-bond donors (Lipinski definition) is 1. The van der Waals surface area contributed by atoms with Gasteiger partial charge in [-0.1, -0.05) is 54.1 Å². The fourth-order valence-electron chi connectivity index (χ4n) is 5.53. The monoisotopic (exact) mass is 486 g/mol. The highest BCUT2D eigenvalue weighted by Gasteiger charge is 2.26. The molecule has 1 saturated carbocycles. The molecule has 2 aromatic heterocycles. The van der Waals surface area contributed by atoms with Crippen molar-refractivity contribution in [2.75, 3.05) is 18.1 Å². The summed E-state index contributed by atoms with van der Waals surface area (Å²) in [6.45, 7) is 6.67. The molecule has 5 heteroatoms. The van der Waals surface area contributed by atoms with E-state index in [1.54, 1.807) is 6.33 Å². The highest BCUT2D eigenvalue weighted by molar-refractivity contribution is 5.95. The summed E-state index contributed by atoms with van der Waals surface area (Å²) in [7, 11) is 0. The zero-order valence-corrected chi connectivity index (χ0v) is 21.3. The average molecular weight is 487 g/mol. The zero-order chi connectivity index (χ0) is 24.9. The van der Waals surface area contributed by atoms with E-state index in [-0.39, 0.29) is 0 Å². The van der Waals surface area contributed by atoms with Crippen LogP contribution in [0.2, 0.25) is 0 Å². The lowest BCUT2D eigenvalue weighted by Crippen LogP contribution is -2.26. The minimum atomic E-state index is 0.681. The third-order valence-corrected chi connectivity index (χ3v) is 7.81. The maximum absolute atomic E-state index is 6.22. The van der Waals surface area contributed by atoms with Gasteiger partial charge in [0.2, 0.25) is 0 Å². The molecule has 3 heterocycles. The van der Waals surface area contributed by atoms with Crippen molar-refractivity contribution in [3.8, 4) is 28.3 Å². The lowest BCUT2D eigenvalue weighted by molar-refractivity contribution is 0.331. The molecule has 1 N–H and O–H groups in total. The Morgan fingerprint density at radius 1 is 0.946 bits per heavy atom. The number of aromatic nitrogens is 3. The summed E-state index contributed by atoms with van der Waals surface area (Å²) >= 11 is 0. The maximum Gasteiger partial charge on any atom is 0.141 e. The van der Waals surface area contributed by atoms with E-state index in [1.807, 2.05) is 0 Å². The molecule has 1 aliphatic carbocycles. The van der Waals surface area contributed by atoms with E-state index in [1.165, 1.54) is 40.8 Å². The van der Waals surface area contributed by atoms with Crippen molar-refractivity contribution in [1.29, 1.82) is 0 Å². The van der Waals surface area contributed by atoms with Crippen molar-refractivity contribution in [3.05, 3.63) is 95.3 Å². The number of H-pyrrole nitrogens is 1. The Balaban J connectivity index is 1.25. The Hall–Kier alpha value is -4.12. The van der Waals surface area contributed by atoms with Crippen molar-refractivity contribution in [1.82, 2.24) is 15.0 Å². The summed E-state index contributed by atoms with van der Waals surface area (Å²) in [5.41, 5.74) is 11.5. The topological polar surface area (TPSA) is 54.0 Å². The first-order valence-electron chi connectivity index (χ1n) is 13.2. The Bertz CT molecular complexity index is 1610. The lowest BCUT2D eigenvalue weighted by atomic mass is 10.00. The number of nitrogens with one attached hydrogen (secondary N) is 1. The molecule has 37 heavy (non-hydrogen) atoms. The third kappa shape index (κ3) is 4.05. The standard InChI is InChI=1S/C32H30N4O/c1-20-6-8-23(9-7-20)28-17-27-31(33-19-34-32(27)35-28)26-4-3-5-29(21(26)2)36-14-15-37-30-16-24(22-10-11-22)12-13-25(30)18-36/h3-9,12-13,16-17,19,22H,10-11,14-15,18H2,1-2H3,(H,33,34,35). The van der Waals surface area contributed by atoms with E-state index in [0.29, 0.717) is 6.61 Å². The van der Waals surface area contributed by atoms with Crippen molar-refractivity contribution < 1.29 is 4.74 Å². The van der Waals surface area contributed by atoms with Crippen molar-refractivity contribution in [2.24, 2.45) is 0 Å². The number of hydrogen-bond acceptors (Lipinski definition) is 4. The second-order valence-corrected chi connectivity index (χ2v) is 10.4.